The molecule has 0 amide bonds. The number of carbonyl (C=O) groups is 1. The molecule has 0 radical (unpaired) electrons. The summed E-state index contributed by atoms with van der Waals surface area (Å²) in [7, 11) is -2.93. The minimum atomic E-state index is -2.93. The molecule has 3 nitrogen and oxygen atoms in total. The van der Waals surface area contributed by atoms with Gasteiger partial charge in [0.25, 0.3) is 8.24 Å². The Morgan fingerprint density at radius 1 is 0.600 bits per heavy atom. The molecule has 0 aliphatic carbocycles. The van der Waals surface area contributed by atoms with E-state index < -0.39 is 8.24 Å². The second-order valence-corrected chi connectivity index (χ2v) is 12.7. The van der Waals surface area contributed by atoms with Gasteiger partial charge in [-0.15, -0.1) is 0 Å². The van der Waals surface area contributed by atoms with Gasteiger partial charge in [-0.1, -0.05) is 116 Å². The van der Waals surface area contributed by atoms with Gasteiger partial charge in [0.2, 0.25) is 0 Å². The molecule has 0 spiro atoms. The number of para-hydroxylation sites is 1. The molecular formula is C31H31NO2Si. The number of anilines is 1. The molecule has 1 aliphatic rings. The predicted octanol–water partition coefficient (Wildman–Crippen LogP) is 4.65. The topological polar surface area (TPSA) is 29.5 Å². The van der Waals surface area contributed by atoms with Gasteiger partial charge in [-0.3, -0.25) is 0 Å². The van der Waals surface area contributed by atoms with Crippen LogP contribution in [0.4, 0.5) is 5.69 Å². The Kier molecular flexibility index (Phi) is 7.10. The molecule has 4 aromatic carbocycles. The smallest absolute Gasteiger partial charge is 0.327 e. The van der Waals surface area contributed by atoms with Crippen LogP contribution in [-0.2, 0) is 9.53 Å². The SMILES string of the molecule is O=C1OCCCCCC1N(c1ccccc1)[Si](c1ccccc1)(c1ccccc1)c1ccccc1. The van der Waals surface area contributed by atoms with Gasteiger partial charge in [0, 0.05) is 5.69 Å². The Labute approximate surface area is 209 Å². The van der Waals surface area contributed by atoms with Gasteiger partial charge in [-0.25, -0.2) is 4.79 Å². The predicted molar refractivity (Wildman–Crippen MR) is 146 cm³/mol. The van der Waals surface area contributed by atoms with Crippen LogP contribution in [0.2, 0.25) is 0 Å². The maximum absolute atomic E-state index is 13.7. The molecule has 1 heterocycles. The fourth-order valence-electron chi connectivity index (χ4n) is 5.39. The first-order valence-corrected chi connectivity index (χ1v) is 14.4. The summed E-state index contributed by atoms with van der Waals surface area (Å²) >= 11 is 0. The molecule has 176 valence electrons. The Balaban J connectivity index is 1.87. The number of ether oxygens (including phenoxy) is 1. The number of hydrogen-bond acceptors (Lipinski definition) is 3. The fourth-order valence-corrected chi connectivity index (χ4v) is 10.5. The molecule has 0 bridgehead atoms. The summed E-state index contributed by atoms with van der Waals surface area (Å²) in [4.78, 5) is 13.7. The second kappa shape index (κ2) is 10.7. The van der Waals surface area contributed by atoms with E-state index in [0.29, 0.717) is 6.61 Å². The van der Waals surface area contributed by atoms with Gasteiger partial charge in [0.05, 0.1) is 6.61 Å². The third-order valence-electron chi connectivity index (χ3n) is 6.92. The minimum absolute atomic E-state index is 0.117. The van der Waals surface area contributed by atoms with E-state index in [0.717, 1.165) is 31.4 Å². The molecule has 0 aromatic heterocycles. The average molecular weight is 478 g/mol. The summed E-state index contributed by atoms with van der Waals surface area (Å²) in [5.41, 5.74) is 1.05. The summed E-state index contributed by atoms with van der Waals surface area (Å²) in [5.74, 6) is -0.117. The summed E-state index contributed by atoms with van der Waals surface area (Å²) in [6.45, 7) is 0.495. The molecule has 1 atom stereocenters. The molecule has 1 unspecified atom stereocenters. The lowest BCUT2D eigenvalue weighted by Crippen LogP contribution is -2.80. The number of nitrogens with zero attached hydrogens (tertiary/aromatic N) is 1. The molecule has 1 aliphatic heterocycles. The van der Waals surface area contributed by atoms with Gasteiger partial charge in [-0.05, 0) is 47.0 Å². The molecule has 1 saturated heterocycles. The zero-order chi connectivity index (χ0) is 23.9. The summed E-state index contributed by atoms with van der Waals surface area (Å²) in [5, 5.41) is 3.74. The fraction of sp³-hybridized carbons (Fsp3) is 0.194. The highest BCUT2D eigenvalue weighted by Crippen LogP contribution is 2.29. The molecule has 4 aromatic rings. The van der Waals surface area contributed by atoms with Crippen LogP contribution < -0.4 is 20.1 Å². The quantitative estimate of drug-likeness (QED) is 0.230. The lowest BCUT2D eigenvalue weighted by atomic mass is 10.1. The second-order valence-electron chi connectivity index (χ2n) is 9.05. The molecule has 5 rings (SSSR count). The van der Waals surface area contributed by atoms with Crippen molar-refractivity contribution >= 4 is 35.5 Å². The lowest BCUT2D eigenvalue weighted by molar-refractivity contribution is -0.146. The highest BCUT2D eigenvalue weighted by Gasteiger charge is 2.50. The first-order chi connectivity index (χ1) is 17.3. The van der Waals surface area contributed by atoms with Crippen LogP contribution in [0.15, 0.2) is 121 Å². The van der Waals surface area contributed by atoms with Crippen LogP contribution >= 0.6 is 0 Å². The molecule has 1 fully saturated rings. The Bertz CT molecular complexity index is 1120. The number of cyclic esters (lactones) is 1. The van der Waals surface area contributed by atoms with Crippen LogP contribution in [0.3, 0.4) is 0 Å². The largest absolute Gasteiger partial charge is 0.464 e. The van der Waals surface area contributed by atoms with E-state index in [1.807, 2.05) is 6.07 Å². The van der Waals surface area contributed by atoms with Crippen molar-refractivity contribution in [1.29, 1.82) is 0 Å². The van der Waals surface area contributed by atoms with Gasteiger partial charge >= 0.3 is 5.97 Å². The summed E-state index contributed by atoms with van der Waals surface area (Å²) in [6, 6.07) is 42.4. The highest BCUT2D eigenvalue weighted by molar-refractivity contribution is 7.13. The van der Waals surface area contributed by atoms with E-state index in [2.05, 4.69) is 120 Å². The van der Waals surface area contributed by atoms with E-state index in [-0.39, 0.29) is 12.0 Å². The maximum atomic E-state index is 13.7. The molecule has 0 saturated carbocycles. The van der Waals surface area contributed by atoms with E-state index >= 15 is 0 Å². The molecule has 4 heteroatoms. The standard InChI is InChI=1S/C31H31NO2Si/c33-31-30(24-14-5-15-25-34-31)32(26-16-6-1-7-17-26)35(27-18-8-2-9-19-27,28-20-10-3-11-21-28)29-22-12-4-13-23-29/h1-4,6-13,16-23,30H,5,14-15,24-25H2. The zero-order valence-electron chi connectivity index (χ0n) is 19.9. The average Bonchev–Trinajstić information content (AvgIpc) is 2.92. The van der Waals surface area contributed by atoms with Crippen molar-refractivity contribution in [2.75, 3.05) is 11.2 Å². The summed E-state index contributed by atoms with van der Waals surface area (Å²) in [6.07, 6.45) is 3.78. The lowest BCUT2D eigenvalue weighted by Gasteiger charge is -2.48. The van der Waals surface area contributed by atoms with E-state index in [9.17, 15) is 4.79 Å². The highest BCUT2D eigenvalue weighted by atomic mass is 28.3. The van der Waals surface area contributed by atoms with Crippen molar-refractivity contribution in [2.24, 2.45) is 0 Å². The van der Waals surface area contributed by atoms with Gasteiger partial charge in [-0.2, -0.15) is 0 Å². The Morgan fingerprint density at radius 2 is 1.06 bits per heavy atom. The number of esters is 1. The van der Waals surface area contributed by atoms with Crippen molar-refractivity contribution in [1.82, 2.24) is 0 Å². The Hall–Kier alpha value is -3.63. The van der Waals surface area contributed by atoms with Crippen LogP contribution in [0.5, 0.6) is 0 Å². The zero-order valence-corrected chi connectivity index (χ0v) is 20.9. The van der Waals surface area contributed by atoms with Crippen LogP contribution in [0, 0.1) is 0 Å². The molecule has 35 heavy (non-hydrogen) atoms. The number of hydrogen-bond donors (Lipinski definition) is 0. The van der Waals surface area contributed by atoms with Gasteiger partial charge in [0.15, 0.2) is 0 Å². The van der Waals surface area contributed by atoms with Gasteiger partial charge < -0.3 is 9.30 Å². The minimum Gasteiger partial charge on any atom is -0.464 e. The monoisotopic (exact) mass is 477 g/mol. The summed E-state index contributed by atoms with van der Waals surface area (Å²) < 4.78 is 8.30. The third kappa shape index (κ3) is 4.54. The number of carbonyl (C=O) groups excluding carboxylic acids is 1. The van der Waals surface area contributed by atoms with Crippen molar-refractivity contribution < 1.29 is 9.53 Å². The normalized spacial score (nSPS) is 16.6. The van der Waals surface area contributed by atoms with Crippen LogP contribution in [0.25, 0.3) is 0 Å². The number of benzene rings is 4. The van der Waals surface area contributed by atoms with Crippen molar-refractivity contribution in [3.05, 3.63) is 121 Å². The third-order valence-corrected chi connectivity index (χ3v) is 11.7. The van der Waals surface area contributed by atoms with Crippen molar-refractivity contribution in [3.8, 4) is 0 Å². The Morgan fingerprint density at radius 3 is 1.54 bits per heavy atom. The van der Waals surface area contributed by atoms with Gasteiger partial charge in [0.1, 0.15) is 6.04 Å². The number of rotatable bonds is 6. The van der Waals surface area contributed by atoms with Crippen molar-refractivity contribution in [2.45, 2.75) is 31.7 Å². The van der Waals surface area contributed by atoms with E-state index in [4.69, 9.17) is 4.74 Å². The van der Waals surface area contributed by atoms with E-state index in [1.54, 1.807) is 0 Å². The first kappa shape index (κ1) is 23.1. The molecule has 0 N–H and O–H groups in total. The first-order valence-electron chi connectivity index (χ1n) is 12.5. The van der Waals surface area contributed by atoms with E-state index in [1.165, 1.54) is 15.6 Å². The van der Waals surface area contributed by atoms with Crippen LogP contribution in [-0.4, -0.2) is 26.9 Å². The molecular weight excluding hydrogens is 446 g/mol. The van der Waals surface area contributed by atoms with Crippen LogP contribution in [0.1, 0.15) is 25.7 Å². The maximum Gasteiger partial charge on any atom is 0.327 e. The van der Waals surface area contributed by atoms with Crippen molar-refractivity contribution in [3.63, 3.8) is 0 Å².